The van der Waals surface area contributed by atoms with Crippen molar-refractivity contribution in [1.82, 2.24) is 15.0 Å². The lowest BCUT2D eigenvalue weighted by Crippen LogP contribution is -2.15. The summed E-state index contributed by atoms with van der Waals surface area (Å²) in [6, 6.07) is 7.94. The van der Waals surface area contributed by atoms with Crippen LogP contribution in [-0.4, -0.2) is 20.9 Å². The molecule has 144 valence electrons. The van der Waals surface area contributed by atoms with E-state index >= 15 is 0 Å². The number of alkyl halides is 3. The van der Waals surface area contributed by atoms with Gasteiger partial charge in [0.05, 0.1) is 11.2 Å². The van der Waals surface area contributed by atoms with Gasteiger partial charge in [0, 0.05) is 24.0 Å². The molecular weight excluding hydrogens is 397 g/mol. The van der Waals surface area contributed by atoms with Crippen LogP contribution in [-0.2, 0) is 6.18 Å². The van der Waals surface area contributed by atoms with Gasteiger partial charge in [0.2, 0.25) is 0 Å². The van der Waals surface area contributed by atoms with Crippen molar-refractivity contribution in [3.63, 3.8) is 0 Å². The molecule has 0 saturated heterocycles. The molecule has 0 aliphatic rings. The van der Waals surface area contributed by atoms with Crippen LogP contribution in [0.3, 0.4) is 0 Å². The molecule has 0 atom stereocenters. The molecular formula is C18H12ClF3N4O2. The zero-order valence-electron chi connectivity index (χ0n) is 14.3. The first-order chi connectivity index (χ1) is 13.2. The van der Waals surface area contributed by atoms with Crippen molar-refractivity contribution in [3.8, 4) is 11.5 Å². The van der Waals surface area contributed by atoms with Crippen molar-refractivity contribution in [3.05, 3.63) is 70.9 Å². The van der Waals surface area contributed by atoms with E-state index in [0.717, 1.165) is 18.3 Å². The number of pyridine rings is 3. The summed E-state index contributed by atoms with van der Waals surface area (Å²) in [4.78, 5) is 23.8. The van der Waals surface area contributed by atoms with Gasteiger partial charge in [-0.1, -0.05) is 11.6 Å². The number of rotatable bonds is 4. The van der Waals surface area contributed by atoms with Gasteiger partial charge in [0.25, 0.3) is 5.91 Å². The van der Waals surface area contributed by atoms with Crippen molar-refractivity contribution >= 4 is 23.3 Å². The second-order valence-corrected chi connectivity index (χ2v) is 6.06. The molecule has 0 bridgehead atoms. The van der Waals surface area contributed by atoms with Gasteiger partial charge in [-0.25, -0.2) is 15.0 Å². The number of ether oxygens (including phenoxy) is 1. The molecule has 0 unspecified atom stereocenters. The first-order valence-electron chi connectivity index (χ1n) is 7.83. The number of halogens is 4. The lowest BCUT2D eigenvalue weighted by molar-refractivity contribution is -0.141. The van der Waals surface area contributed by atoms with E-state index in [1.165, 1.54) is 24.4 Å². The minimum Gasteiger partial charge on any atom is -0.456 e. The minimum absolute atomic E-state index is 0.0478. The third-order valence-electron chi connectivity index (χ3n) is 3.39. The lowest BCUT2D eigenvalue weighted by Gasteiger charge is -2.10. The van der Waals surface area contributed by atoms with E-state index in [1.807, 2.05) is 0 Å². The maximum absolute atomic E-state index is 12.6. The molecule has 28 heavy (non-hydrogen) atoms. The van der Waals surface area contributed by atoms with Crippen molar-refractivity contribution in [2.45, 2.75) is 13.1 Å². The SMILES string of the molecule is Cc1cc(Oc2ccc(C(F)(F)F)nc2)cc(C(=O)Nc2ccc(Cl)cn2)n1. The van der Waals surface area contributed by atoms with Gasteiger partial charge in [-0.05, 0) is 31.2 Å². The van der Waals surface area contributed by atoms with E-state index in [9.17, 15) is 18.0 Å². The van der Waals surface area contributed by atoms with Gasteiger partial charge >= 0.3 is 6.18 Å². The second kappa shape index (κ2) is 7.81. The number of anilines is 1. The number of amides is 1. The Kier molecular flexibility index (Phi) is 5.46. The molecule has 0 saturated carbocycles. The molecule has 3 aromatic heterocycles. The zero-order valence-corrected chi connectivity index (χ0v) is 15.0. The number of carbonyl (C=O) groups is 1. The summed E-state index contributed by atoms with van der Waals surface area (Å²) >= 11 is 5.75. The minimum atomic E-state index is -4.53. The molecule has 0 aliphatic carbocycles. The third-order valence-corrected chi connectivity index (χ3v) is 3.61. The van der Waals surface area contributed by atoms with E-state index in [0.29, 0.717) is 10.7 Å². The molecule has 0 fully saturated rings. The average Bonchev–Trinajstić information content (AvgIpc) is 2.63. The standard InChI is InChI=1S/C18H12ClF3N4O2/c1-10-6-13(28-12-3-4-15(23-9-12)18(20,21)22)7-14(25-10)17(27)26-16-5-2-11(19)8-24-16/h2-9H,1H3,(H,24,26,27). The van der Waals surface area contributed by atoms with Gasteiger partial charge < -0.3 is 10.1 Å². The summed E-state index contributed by atoms with van der Waals surface area (Å²) in [7, 11) is 0. The van der Waals surface area contributed by atoms with Crippen LogP contribution in [0.2, 0.25) is 5.02 Å². The molecule has 6 nitrogen and oxygen atoms in total. The first-order valence-corrected chi connectivity index (χ1v) is 8.21. The number of nitrogens with zero attached hydrogens (tertiary/aromatic N) is 3. The molecule has 0 aliphatic heterocycles. The van der Waals surface area contributed by atoms with Crippen LogP contribution in [0.15, 0.2) is 48.8 Å². The van der Waals surface area contributed by atoms with Crippen LogP contribution in [0, 0.1) is 6.92 Å². The lowest BCUT2D eigenvalue weighted by atomic mass is 10.2. The number of aryl methyl sites for hydroxylation is 1. The first kappa shape index (κ1) is 19.6. The summed E-state index contributed by atoms with van der Waals surface area (Å²) in [5.41, 5.74) is -0.500. The predicted octanol–water partition coefficient (Wildman–Crippen LogP) is 4.90. The molecule has 0 spiro atoms. The normalized spacial score (nSPS) is 11.2. The molecule has 3 heterocycles. The van der Waals surface area contributed by atoms with Crippen LogP contribution < -0.4 is 10.1 Å². The smallest absolute Gasteiger partial charge is 0.433 e. The number of aromatic nitrogens is 3. The monoisotopic (exact) mass is 408 g/mol. The Hall–Kier alpha value is -3.20. The molecule has 10 heteroatoms. The Bertz CT molecular complexity index is 993. The molecule has 3 rings (SSSR count). The van der Waals surface area contributed by atoms with Crippen LogP contribution in [0.25, 0.3) is 0 Å². The summed E-state index contributed by atoms with van der Waals surface area (Å²) in [5.74, 6) is 0.0635. The topological polar surface area (TPSA) is 77.0 Å². The average molecular weight is 409 g/mol. The van der Waals surface area contributed by atoms with Gasteiger partial charge in [-0.2, -0.15) is 13.2 Å². The largest absolute Gasteiger partial charge is 0.456 e. The highest BCUT2D eigenvalue weighted by molar-refractivity contribution is 6.30. The van der Waals surface area contributed by atoms with Crippen molar-refractivity contribution in [2.75, 3.05) is 5.32 Å². The molecule has 0 aromatic carbocycles. The summed E-state index contributed by atoms with van der Waals surface area (Å²) in [6.45, 7) is 1.65. The van der Waals surface area contributed by atoms with Gasteiger partial charge in [-0.3, -0.25) is 4.79 Å². The highest BCUT2D eigenvalue weighted by Gasteiger charge is 2.32. The fraction of sp³-hybridized carbons (Fsp3) is 0.111. The van der Waals surface area contributed by atoms with Crippen molar-refractivity contribution < 1.29 is 22.7 Å². The maximum Gasteiger partial charge on any atom is 0.433 e. The highest BCUT2D eigenvalue weighted by atomic mass is 35.5. The molecule has 0 radical (unpaired) electrons. The Labute approximate surface area is 162 Å². The Morgan fingerprint density at radius 2 is 1.86 bits per heavy atom. The Morgan fingerprint density at radius 1 is 1.07 bits per heavy atom. The number of nitrogens with one attached hydrogen (secondary N) is 1. The van der Waals surface area contributed by atoms with Crippen molar-refractivity contribution in [1.29, 1.82) is 0 Å². The number of hydrogen-bond donors (Lipinski definition) is 1. The van der Waals surface area contributed by atoms with E-state index in [1.54, 1.807) is 13.0 Å². The highest BCUT2D eigenvalue weighted by Crippen LogP contribution is 2.29. The number of hydrogen-bond acceptors (Lipinski definition) is 5. The van der Waals surface area contributed by atoms with Gasteiger partial charge in [-0.15, -0.1) is 0 Å². The van der Waals surface area contributed by atoms with E-state index in [-0.39, 0.29) is 23.0 Å². The quantitative estimate of drug-likeness (QED) is 0.664. The molecule has 1 amide bonds. The summed E-state index contributed by atoms with van der Waals surface area (Å²) in [6.07, 6.45) is -2.20. The Balaban J connectivity index is 1.77. The van der Waals surface area contributed by atoms with Gasteiger partial charge in [0.1, 0.15) is 28.7 Å². The predicted molar refractivity (Wildman–Crippen MR) is 95.5 cm³/mol. The number of carbonyl (C=O) groups excluding carboxylic acids is 1. The Morgan fingerprint density at radius 3 is 2.46 bits per heavy atom. The second-order valence-electron chi connectivity index (χ2n) is 5.62. The van der Waals surface area contributed by atoms with E-state index in [2.05, 4.69) is 20.3 Å². The summed E-state index contributed by atoms with van der Waals surface area (Å²) in [5, 5.41) is 2.99. The van der Waals surface area contributed by atoms with E-state index < -0.39 is 17.8 Å². The molecule has 1 N–H and O–H groups in total. The van der Waals surface area contributed by atoms with Crippen LogP contribution in [0.1, 0.15) is 21.9 Å². The summed E-state index contributed by atoms with van der Waals surface area (Å²) < 4.78 is 43.2. The van der Waals surface area contributed by atoms with Crippen LogP contribution in [0.5, 0.6) is 11.5 Å². The zero-order chi connectivity index (χ0) is 20.3. The third kappa shape index (κ3) is 4.95. The maximum atomic E-state index is 12.6. The fourth-order valence-electron chi connectivity index (χ4n) is 2.19. The fourth-order valence-corrected chi connectivity index (χ4v) is 2.30. The van der Waals surface area contributed by atoms with Crippen LogP contribution >= 0.6 is 11.6 Å². The van der Waals surface area contributed by atoms with Crippen LogP contribution in [0.4, 0.5) is 19.0 Å². The molecule has 3 aromatic rings. The van der Waals surface area contributed by atoms with Crippen molar-refractivity contribution in [2.24, 2.45) is 0 Å². The van der Waals surface area contributed by atoms with Gasteiger partial charge in [0.15, 0.2) is 0 Å². The van der Waals surface area contributed by atoms with E-state index in [4.69, 9.17) is 16.3 Å².